The highest BCUT2D eigenvalue weighted by Gasteiger charge is 2.17. The molecule has 2 rings (SSSR count). The lowest BCUT2D eigenvalue weighted by Crippen LogP contribution is -2.27. The van der Waals surface area contributed by atoms with Gasteiger partial charge in [0.2, 0.25) is 0 Å². The van der Waals surface area contributed by atoms with E-state index in [4.69, 9.17) is 5.73 Å². The average molecular weight is 367 g/mol. The van der Waals surface area contributed by atoms with Crippen LogP contribution in [0, 0.1) is 20.8 Å². The van der Waals surface area contributed by atoms with E-state index in [2.05, 4.69) is 41.2 Å². The van der Waals surface area contributed by atoms with Gasteiger partial charge in [-0.15, -0.1) is 11.3 Å². The number of nitrogens with two attached hydrogens (primary N) is 1. The Labute approximate surface area is 137 Å². The summed E-state index contributed by atoms with van der Waals surface area (Å²) in [5.74, 6) is -0.101. The first-order valence-corrected chi connectivity index (χ1v) is 8.34. The standard InChI is InChI=1S/C16H19BrN2OS/c1-8-5-14(11(4)21-8)10(3)19-16(20)13-6-12(17)7-15(18)9(13)2/h5-7,10H,18H2,1-4H3,(H,19,20). The van der Waals surface area contributed by atoms with E-state index in [1.54, 1.807) is 17.4 Å². The van der Waals surface area contributed by atoms with E-state index in [1.807, 2.05) is 19.9 Å². The zero-order valence-electron chi connectivity index (χ0n) is 12.6. The molecule has 0 bridgehead atoms. The van der Waals surface area contributed by atoms with Crippen molar-refractivity contribution in [2.75, 3.05) is 5.73 Å². The predicted octanol–water partition coefficient (Wildman–Crippen LogP) is 4.51. The molecule has 3 nitrogen and oxygen atoms in total. The van der Waals surface area contributed by atoms with Crippen LogP contribution in [-0.4, -0.2) is 5.91 Å². The highest BCUT2D eigenvalue weighted by Crippen LogP contribution is 2.27. The van der Waals surface area contributed by atoms with Crippen molar-refractivity contribution in [2.45, 2.75) is 33.7 Å². The van der Waals surface area contributed by atoms with Crippen LogP contribution in [0.4, 0.5) is 5.69 Å². The fraction of sp³-hybridized carbons (Fsp3) is 0.312. The Morgan fingerprint density at radius 3 is 2.52 bits per heavy atom. The van der Waals surface area contributed by atoms with Crippen LogP contribution in [0.5, 0.6) is 0 Å². The molecule has 21 heavy (non-hydrogen) atoms. The van der Waals surface area contributed by atoms with Crippen LogP contribution < -0.4 is 11.1 Å². The fourth-order valence-corrected chi connectivity index (χ4v) is 3.87. The second-order valence-corrected chi connectivity index (χ2v) is 7.61. The van der Waals surface area contributed by atoms with Gasteiger partial charge in [-0.2, -0.15) is 0 Å². The summed E-state index contributed by atoms with van der Waals surface area (Å²) in [6, 6.07) is 5.72. The molecule has 0 saturated heterocycles. The number of thiophene rings is 1. The van der Waals surface area contributed by atoms with Crippen molar-refractivity contribution in [3.05, 3.63) is 49.1 Å². The molecule has 3 N–H and O–H groups in total. The van der Waals surface area contributed by atoms with E-state index in [-0.39, 0.29) is 11.9 Å². The molecule has 1 aromatic heterocycles. The van der Waals surface area contributed by atoms with E-state index >= 15 is 0 Å². The van der Waals surface area contributed by atoms with Crippen LogP contribution in [0.3, 0.4) is 0 Å². The Balaban J connectivity index is 2.24. The maximum Gasteiger partial charge on any atom is 0.252 e. The van der Waals surface area contributed by atoms with Gasteiger partial charge < -0.3 is 11.1 Å². The largest absolute Gasteiger partial charge is 0.398 e. The minimum atomic E-state index is -0.101. The van der Waals surface area contributed by atoms with E-state index < -0.39 is 0 Å². The number of anilines is 1. The summed E-state index contributed by atoms with van der Waals surface area (Å²) in [7, 11) is 0. The minimum Gasteiger partial charge on any atom is -0.398 e. The predicted molar refractivity (Wildman–Crippen MR) is 93.0 cm³/mol. The molecule has 0 radical (unpaired) electrons. The van der Waals surface area contributed by atoms with Crippen molar-refractivity contribution in [3.8, 4) is 0 Å². The van der Waals surface area contributed by atoms with Crippen LogP contribution in [-0.2, 0) is 0 Å². The molecule has 0 aliphatic heterocycles. The summed E-state index contributed by atoms with van der Waals surface area (Å²) >= 11 is 5.13. The summed E-state index contributed by atoms with van der Waals surface area (Å²) < 4.78 is 0.811. The summed E-state index contributed by atoms with van der Waals surface area (Å²) in [6.45, 7) is 8.03. The van der Waals surface area contributed by atoms with Gasteiger partial charge in [0.05, 0.1) is 6.04 Å². The second kappa shape index (κ2) is 6.20. The number of nitrogens with one attached hydrogen (secondary N) is 1. The molecule has 5 heteroatoms. The summed E-state index contributed by atoms with van der Waals surface area (Å²) in [5, 5.41) is 3.05. The molecule has 1 unspecified atom stereocenters. The van der Waals surface area contributed by atoms with Gasteiger partial charge in [-0.3, -0.25) is 4.79 Å². The number of hydrogen-bond donors (Lipinski definition) is 2. The number of amides is 1. The first kappa shape index (κ1) is 16.0. The van der Waals surface area contributed by atoms with Crippen molar-refractivity contribution >= 4 is 38.9 Å². The van der Waals surface area contributed by atoms with Crippen LogP contribution >= 0.6 is 27.3 Å². The second-order valence-electron chi connectivity index (χ2n) is 5.23. The van der Waals surface area contributed by atoms with Gasteiger partial charge in [-0.1, -0.05) is 15.9 Å². The molecule has 0 spiro atoms. The van der Waals surface area contributed by atoms with Crippen molar-refractivity contribution in [3.63, 3.8) is 0 Å². The monoisotopic (exact) mass is 366 g/mol. The zero-order chi connectivity index (χ0) is 15.7. The highest BCUT2D eigenvalue weighted by atomic mass is 79.9. The molecule has 0 aliphatic carbocycles. The molecule has 112 valence electrons. The average Bonchev–Trinajstić information content (AvgIpc) is 2.72. The number of rotatable bonds is 3. The third-order valence-corrected chi connectivity index (χ3v) is 4.99. The number of carbonyl (C=O) groups is 1. The lowest BCUT2D eigenvalue weighted by atomic mass is 10.0. The maximum atomic E-state index is 12.5. The summed E-state index contributed by atoms with van der Waals surface area (Å²) in [4.78, 5) is 15.0. The molecule has 2 aromatic rings. The normalized spacial score (nSPS) is 12.2. The van der Waals surface area contributed by atoms with Crippen molar-refractivity contribution in [1.29, 1.82) is 0 Å². The smallest absolute Gasteiger partial charge is 0.252 e. The molecule has 0 saturated carbocycles. The fourth-order valence-electron chi connectivity index (χ4n) is 2.37. The Morgan fingerprint density at radius 2 is 1.95 bits per heavy atom. The van der Waals surface area contributed by atoms with Gasteiger partial charge in [0, 0.05) is 25.5 Å². The zero-order valence-corrected chi connectivity index (χ0v) is 15.0. The van der Waals surface area contributed by atoms with Crippen molar-refractivity contribution in [1.82, 2.24) is 5.32 Å². The van der Waals surface area contributed by atoms with Gasteiger partial charge in [0.25, 0.3) is 5.91 Å². The summed E-state index contributed by atoms with van der Waals surface area (Å²) in [5.41, 5.74) is 9.12. The molecule has 0 fully saturated rings. The maximum absolute atomic E-state index is 12.5. The molecule has 1 amide bonds. The molecule has 1 heterocycles. The van der Waals surface area contributed by atoms with Gasteiger partial charge in [-0.05, 0) is 57.0 Å². The van der Waals surface area contributed by atoms with Gasteiger partial charge in [0.1, 0.15) is 0 Å². The number of nitrogen functional groups attached to an aromatic ring is 1. The Kier molecular flexibility index (Phi) is 4.74. The number of halogens is 1. The Bertz CT molecular complexity index is 694. The van der Waals surface area contributed by atoms with E-state index in [0.29, 0.717) is 11.3 Å². The number of aryl methyl sites for hydroxylation is 2. The lowest BCUT2D eigenvalue weighted by molar-refractivity contribution is 0.0939. The van der Waals surface area contributed by atoms with Crippen LogP contribution in [0.2, 0.25) is 0 Å². The lowest BCUT2D eigenvalue weighted by Gasteiger charge is -2.16. The van der Waals surface area contributed by atoms with E-state index in [0.717, 1.165) is 10.0 Å². The number of hydrogen-bond acceptors (Lipinski definition) is 3. The molecular weight excluding hydrogens is 348 g/mol. The minimum absolute atomic E-state index is 0.0259. The third kappa shape index (κ3) is 3.47. The molecular formula is C16H19BrN2OS. The highest BCUT2D eigenvalue weighted by molar-refractivity contribution is 9.10. The SMILES string of the molecule is Cc1cc(C(C)NC(=O)c2cc(Br)cc(N)c2C)c(C)s1. The molecule has 0 aliphatic rings. The first-order valence-electron chi connectivity index (χ1n) is 6.73. The molecule has 1 aromatic carbocycles. The van der Waals surface area contributed by atoms with Crippen LogP contribution in [0.15, 0.2) is 22.7 Å². The van der Waals surface area contributed by atoms with Crippen LogP contribution in [0.25, 0.3) is 0 Å². The Morgan fingerprint density at radius 1 is 1.29 bits per heavy atom. The third-order valence-electron chi connectivity index (χ3n) is 3.55. The van der Waals surface area contributed by atoms with Gasteiger partial charge in [0.15, 0.2) is 0 Å². The van der Waals surface area contributed by atoms with Gasteiger partial charge >= 0.3 is 0 Å². The van der Waals surface area contributed by atoms with Crippen LogP contribution in [0.1, 0.15) is 44.2 Å². The topological polar surface area (TPSA) is 55.1 Å². The Hall–Kier alpha value is -1.33. The van der Waals surface area contributed by atoms with Crippen molar-refractivity contribution in [2.24, 2.45) is 0 Å². The first-order chi connectivity index (χ1) is 9.79. The quantitative estimate of drug-likeness (QED) is 0.785. The van der Waals surface area contributed by atoms with E-state index in [9.17, 15) is 4.79 Å². The number of carbonyl (C=O) groups excluding carboxylic acids is 1. The van der Waals surface area contributed by atoms with Gasteiger partial charge in [-0.25, -0.2) is 0 Å². The number of benzene rings is 1. The molecule has 1 atom stereocenters. The van der Waals surface area contributed by atoms with Crippen molar-refractivity contribution < 1.29 is 4.79 Å². The van der Waals surface area contributed by atoms with E-state index in [1.165, 1.54) is 15.3 Å². The summed E-state index contributed by atoms with van der Waals surface area (Å²) in [6.07, 6.45) is 0.